The molecule has 2 aromatic rings. The van der Waals surface area contributed by atoms with E-state index in [2.05, 4.69) is 0 Å². The van der Waals surface area contributed by atoms with E-state index in [-0.39, 0.29) is 5.92 Å². The average Bonchev–Trinajstić information content (AvgIpc) is 2.85. The summed E-state index contributed by atoms with van der Waals surface area (Å²) in [5.74, 6) is -3.04. The number of esters is 2. The van der Waals surface area contributed by atoms with Gasteiger partial charge in [-0.15, -0.1) is 0 Å². The lowest BCUT2D eigenvalue weighted by Crippen LogP contribution is -2.54. The predicted octanol–water partition coefficient (Wildman–Crippen LogP) is 3.57. The third-order valence-corrected chi connectivity index (χ3v) is 7.07. The van der Waals surface area contributed by atoms with Gasteiger partial charge in [-0.05, 0) is 23.8 Å². The number of methoxy groups -OCH3 is 2. The molecule has 0 aromatic heterocycles. The Bertz CT molecular complexity index is 1160. The maximum atomic E-state index is 13.5. The Labute approximate surface area is 198 Å². The van der Waals surface area contributed by atoms with Crippen molar-refractivity contribution in [2.24, 2.45) is 17.8 Å². The average molecular weight is 462 g/mol. The normalized spacial score (nSPS) is 30.6. The first-order valence-electron chi connectivity index (χ1n) is 11.3. The van der Waals surface area contributed by atoms with Crippen LogP contribution in [0.2, 0.25) is 0 Å². The van der Waals surface area contributed by atoms with Gasteiger partial charge in [-0.1, -0.05) is 54.6 Å². The number of anilines is 1. The molecule has 0 saturated carbocycles. The zero-order chi connectivity index (χ0) is 23.8. The van der Waals surface area contributed by atoms with Crippen LogP contribution in [-0.2, 0) is 23.8 Å². The molecule has 1 fully saturated rings. The van der Waals surface area contributed by atoms with Gasteiger partial charge in [0, 0.05) is 37.3 Å². The summed E-state index contributed by atoms with van der Waals surface area (Å²) in [5, 5.41) is 0. The molecule has 1 saturated heterocycles. The van der Waals surface area contributed by atoms with Crippen LogP contribution in [0.15, 0.2) is 72.8 Å². The molecule has 2 N–H and O–H groups in total. The second-order valence-electron chi connectivity index (χ2n) is 8.77. The molecular formula is C27H27NO6. The highest BCUT2D eigenvalue weighted by molar-refractivity contribution is 5.84. The van der Waals surface area contributed by atoms with E-state index in [1.807, 2.05) is 54.6 Å². The second-order valence-corrected chi connectivity index (χ2v) is 8.77. The first-order valence-corrected chi connectivity index (χ1v) is 11.3. The van der Waals surface area contributed by atoms with Crippen molar-refractivity contribution in [1.82, 2.24) is 0 Å². The number of fused-ring (bicyclic) bond motifs is 2. The third kappa shape index (κ3) is 3.61. The van der Waals surface area contributed by atoms with E-state index in [0.717, 1.165) is 5.56 Å². The van der Waals surface area contributed by atoms with E-state index >= 15 is 0 Å². The number of nitrogens with two attached hydrogens (primary N) is 1. The van der Waals surface area contributed by atoms with Crippen molar-refractivity contribution in [2.75, 3.05) is 20.0 Å². The summed E-state index contributed by atoms with van der Waals surface area (Å²) in [6.07, 6.45) is 5.98. The van der Waals surface area contributed by atoms with Crippen LogP contribution >= 0.6 is 0 Å². The Morgan fingerprint density at radius 2 is 1.62 bits per heavy atom. The van der Waals surface area contributed by atoms with E-state index in [4.69, 9.17) is 24.7 Å². The fourth-order valence-corrected chi connectivity index (χ4v) is 5.59. The fourth-order valence-electron chi connectivity index (χ4n) is 5.59. The molecule has 7 atom stereocenters. The largest absolute Gasteiger partial charge is 0.457 e. The zero-order valence-corrected chi connectivity index (χ0v) is 19.0. The van der Waals surface area contributed by atoms with Crippen LogP contribution < -0.4 is 10.5 Å². The summed E-state index contributed by atoms with van der Waals surface area (Å²) in [5.41, 5.74) is 8.28. The van der Waals surface area contributed by atoms with Gasteiger partial charge in [0.2, 0.25) is 0 Å². The quantitative estimate of drug-likeness (QED) is 0.413. The fraction of sp³-hybridized carbons (Fsp3) is 0.333. The Balaban J connectivity index is 1.67. The first kappa shape index (κ1) is 22.4. The zero-order valence-electron chi connectivity index (χ0n) is 19.0. The highest BCUT2D eigenvalue weighted by Gasteiger charge is 2.55. The van der Waals surface area contributed by atoms with E-state index in [0.29, 0.717) is 17.0 Å². The minimum atomic E-state index is -0.848. The highest BCUT2D eigenvalue weighted by Crippen LogP contribution is 2.51. The number of hydrogen-bond acceptors (Lipinski definition) is 7. The molecule has 5 rings (SSSR count). The molecule has 3 aliphatic rings. The van der Waals surface area contributed by atoms with Gasteiger partial charge in [-0.25, -0.2) is 0 Å². The van der Waals surface area contributed by atoms with Crippen LogP contribution in [0, 0.1) is 17.8 Å². The lowest BCUT2D eigenvalue weighted by molar-refractivity contribution is -0.181. The molecule has 176 valence electrons. The van der Waals surface area contributed by atoms with E-state index in [9.17, 15) is 9.59 Å². The number of rotatable bonds is 5. The van der Waals surface area contributed by atoms with Crippen LogP contribution in [0.5, 0.6) is 5.75 Å². The monoisotopic (exact) mass is 461 g/mol. The number of ether oxygens (including phenoxy) is 4. The lowest BCUT2D eigenvalue weighted by Gasteiger charge is -2.46. The smallest absolute Gasteiger partial charge is 0.318 e. The number of para-hydroxylation sites is 2. The molecule has 6 unspecified atom stereocenters. The van der Waals surface area contributed by atoms with Crippen molar-refractivity contribution in [2.45, 2.75) is 24.2 Å². The van der Waals surface area contributed by atoms with Crippen molar-refractivity contribution in [3.63, 3.8) is 0 Å². The van der Waals surface area contributed by atoms with Crippen LogP contribution in [0.4, 0.5) is 5.69 Å². The topological polar surface area (TPSA) is 97.1 Å². The molecule has 1 aliphatic carbocycles. The number of hydrogen-bond donors (Lipinski definition) is 1. The van der Waals surface area contributed by atoms with Crippen LogP contribution in [0.3, 0.4) is 0 Å². The van der Waals surface area contributed by atoms with Crippen molar-refractivity contribution in [3.8, 4) is 5.75 Å². The van der Waals surface area contributed by atoms with Crippen molar-refractivity contribution in [3.05, 3.63) is 84.0 Å². The van der Waals surface area contributed by atoms with Crippen molar-refractivity contribution in [1.29, 1.82) is 0 Å². The predicted molar refractivity (Wildman–Crippen MR) is 125 cm³/mol. The Kier molecular flexibility index (Phi) is 5.98. The molecule has 2 heterocycles. The third-order valence-electron chi connectivity index (χ3n) is 7.07. The molecule has 0 radical (unpaired) electrons. The molecule has 0 bridgehead atoms. The van der Waals surface area contributed by atoms with Crippen LogP contribution in [-0.4, -0.2) is 38.4 Å². The molecule has 2 aliphatic heterocycles. The van der Waals surface area contributed by atoms with Gasteiger partial charge in [-0.3, -0.25) is 9.59 Å². The molecule has 0 spiro atoms. The van der Waals surface area contributed by atoms with Crippen molar-refractivity contribution < 1.29 is 28.5 Å². The first-order chi connectivity index (χ1) is 16.5. The summed E-state index contributed by atoms with van der Waals surface area (Å²) >= 11 is 0. The molecule has 7 heteroatoms. The lowest BCUT2D eigenvalue weighted by atomic mass is 9.66. The van der Waals surface area contributed by atoms with Crippen LogP contribution in [0.25, 0.3) is 0 Å². The van der Waals surface area contributed by atoms with Crippen molar-refractivity contribution >= 4 is 17.6 Å². The van der Waals surface area contributed by atoms with Gasteiger partial charge in [0.05, 0.1) is 24.0 Å². The van der Waals surface area contributed by atoms with Gasteiger partial charge >= 0.3 is 11.9 Å². The molecule has 0 amide bonds. The van der Waals surface area contributed by atoms with Gasteiger partial charge in [0.25, 0.3) is 0 Å². The minimum absolute atomic E-state index is 0.196. The van der Waals surface area contributed by atoms with Gasteiger partial charge in [0.15, 0.2) is 0 Å². The summed E-state index contributed by atoms with van der Waals surface area (Å²) in [4.78, 5) is 27.1. The summed E-state index contributed by atoms with van der Waals surface area (Å²) < 4.78 is 23.4. The number of nitrogen functional groups attached to an aromatic ring is 1. The standard InChI is InChI=1S/C27H27NO6/c1-31-24-16-10-4-7-13-19(16)33-26(29)22(24)21(15-9-3-6-12-18(15)28)23-25(32-2)17-11-5-8-14-20(17)34-27(23)30/h3-14,16,19,21-25H,28H2,1-2H3/t16?,19-,21?,22?,23?,24?,25?/m1/s1. The highest BCUT2D eigenvalue weighted by atomic mass is 16.6. The Hall–Kier alpha value is -3.42. The number of carbonyl (C=O) groups excluding carboxylic acids is 2. The SMILES string of the molecule is COC1c2ccccc2OC(=O)C1C(c1ccccc1N)C1C(=O)O[C@@H]2C=CC=CC2C1OC. The summed E-state index contributed by atoms with van der Waals surface area (Å²) in [6.45, 7) is 0. The van der Waals surface area contributed by atoms with Gasteiger partial charge in [-0.2, -0.15) is 0 Å². The molecular weight excluding hydrogens is 434 g/mol. The minimum Gasteiger partial charge on any atom is -0.457 e. The summed E-state index contributed by atoms with van der Waals surface area (Å²) in [6, 6.07) is 14.5. The molecule has 7 nitrogen and oxygen atoms in total. The maximum Gasteiger partial charge on any atom is 0.318 e. The van der Waals surface area contributed by atoms with Crippen LogP contribution in [0.1, 0.15) is 23.1 Å². The molecule has 2 aromatic carbocycles. The van der Waals surface area contributed by atoms with Gasteiger partial charge < -0.3 is 24.7 Å². The van der Waals surface area contributed by atoms with E-state index in [1.54, 1.807) is 32.4 Å². The van der Waals surface area contributed by atoms with Gasteiger partial charge in [0.1, 0.15) is 11.9 Å². The van der Waals surface area contributed by atoms with E-state index < -0.39 is 48.0 Å². The number of carbonyl (C=O) groups is 2. The second kappa shape index (κ2) is 9.08. The number of allylic oxidation sites excluding steroid dienone is 2. The Morgan fingerprint density at radius 3 is 2.38 bits per heavy atom. The van der Waals surface area contributed by atoms with E-state index in [1.165, 1.54) is 0 Å². The molecule has 34 heavy (non-hydrogen) atoms. The number of benzene rings is 2. The Morgan fingerprint density at radius 1 is 0.882 bits per heavy atom. The maximum absolute atomic E-state index is 13.5. The summed E-state index contributed by atoms with van der Waals surface area (Å²) in [7, 11) is 3.13.